The van der Waals surface area contributed by atoms with Crippen LogP contribution < -0.4 is 5.32 Å². The summed E-state index contributed by atoms with van der Waals surface area (Å²) in [6.45, 7) is 1.06. The van der Waals surface area contributed by atoms with Crippen LogP contribution in [0, 0.1) is 5.92 Å². The second-order valence-electron chi connectivity index (χ2n) is 11.4. The molecule has 2 aliphatic rings. The van der Waals surface area contributed by atoms with Crippen LogP contribution in [-0.4, -0.2) is 21.5 Å². The van der Waals surface area contributed by atoms with E-state index in [4.69, 9.17) is 0 Å². The largest absolute Gasteiger partial charge is 0.353 e. The third-order valence-corrected chi connectivity index (χ3v) is 8.81. The molecule has 4 aromatic rings. The number of pyridine rings is 1. The highest BCUT2D eigenvalue weighted by atomic mass is 16.1. The number of hydrogen-bond acceptors (Lipinski definition) is 2. The molecule has 1 unspecified atom stereocenters. The molecule has 37 heavy (non-hydrogen) atoms. The molecule has 1 atom stereocenters. The lowest BCUT2D eigenvalue weighted by Crippen LogP contribution is -2.36. The summed E-state index contributed by atoms with van der Waals surface area (Å²) in [5.74, 6) is 0.860. The van der Waals surface area contributed by atoms with E-state index in [1.807, 2.05) is 12.4 Å². The van der Waals surface area contributed by atoms with E-state index in [0.717, 1.165) is 36.3 Å². The van der Waals surface area contributed by atoms with Crippen LogP contribution in [0.3, 0.4) is 0 Å². The van der Waals surface area contributed by atoms with Crippen molar-refractivity contribution < 1.29 is 4.79 Å². The Bertz CT molecular complexity index is 1360. The average molecular weight is 494 g/mol. The van der Waals surface area contributed by atoms with E-state index in [1.54, 1.807) is 0 Å². The number of carbonyl (C=O) groups excluding carboxylic acids is 1. The first-order valence-electron chi connectivity index (χ1n) is 14.5. The number of benzene rings is 2. The zero-order chi connectivity index (χ0) is 25.0. The van der Waals surface area contributed by atoms with E-state index >= 15 is 0 Å². The van der Waals surface area contributed by atoms with Gasteiger partial charge in [0.05, 0.1) is 0 Å². The number of para-hydroxylation sites is 1. The molecule has 192 valence electrons. The van der Waals surface area contributed by atoms with E-state index < -0.39 is 0 Å². The summed E-state index contributed by atoms with van der Waals surface area (Å²) in [5.41, 5.74) is 3.69. The number of rotatable bonds is 7. The van der Waals surface area contributed by atoms with Gasteiger partial charge in [-0.2, -0.15) is 0 Å². The first-order chi connectivity index (χ1) is 18.3. The van der Waals surface area contributed by atoms with Gasteiger partial charge in [0.1, 0.15) is 0 Å². The molecular formula is C33H39N3O. The molecule has 4 nitrogen and oxygen atoms in total. The van der Waals surface area contributed by atoms with Gasteiger partial charge in [-0.15, -0.1) is 0 Å². The summed E-state index contributed by atoms with van der Waals surface area (Å²) in [5, 5.41) is 6.98. The van der Waals surface area contributed by atoms with Crippen LogP contribution in [0.1, 0.15) is 87.7 Å². The number of nitrogens with one attached hydrogen (secondary N) is 1. The van der Waals surface area contributed by atoms with Crippen LogP contribution in [0.25, 0.3) is 21.7 Å². The summed E-state index contributed by atoms with van der Waals surface area (Å²) in [6, 6.07) is 17.6. The zero-order valence-electron chi connectivity index (χ0n) is 21.9. The van der Waals surface area contributed by atoms with Gasteiger partial charge in [-0.25, -0.2) is 0 Å². The van der Waals surface area contributed by atoms with Crippen LogP contribution in [0.15, 0.2) is 67.1 Å². The van der Waals surface area contributed by atoms with Crippen LogP contribution in [0.4, 0.5) is 0 Å². The van der Waals surface area contributed by atoms with Crippen molar-refractivity contribution in [3.8, 4) is 0 Å². The van der Waals surface area contributed by atoms with Crippen molar-refractivity contribution in [3.05, 3.63) is 78.2 Å². The Balaban J connectivity index is 1.40. The van der Waals surface area contributed by atoms with Crippen molar-refractivity contribution in [1.29, 1.82) is 0 Å². The molecule has 2 aromatic carbocycles. The highest BCUT2D eigenvalue weighted by molar-refractivity contribution is 5.90. The second-order valence-corrected chi connectivity index (χ2v) is 11.4. The molecule has 0 radical (unpaired) electrons. The molecule has 0 saturated heterocycles. The van der Waals surface area contributed by atoms with Crippen LogP contribution in [0.5, 0.6) is 0 Å². The molecule has 1 amide bonds. The molecule has 1 N–H and O–H groups in total. The van der Waals surface area contributed by atoms with Gasteiger partial charge in [0.15, 0.2) is 0 Å². The second kappa shape index (κ2) is 11.1. The Morgan fingerprint density at radius 2 is 1.54 bits per heavy atom. The number of aromatic nitrogens is 2. The Labute approximate surface area is 220 Å². The van der Waals surface area contributed by atoms with Crippen LogP contribution in [-0.2, 0) is 11.3 Å². The zero-order valence-corrected chi connectivity index (χ0v) is 21.9. The Kier molecular flexibility index (Phi) is 7.25. The lowest BCUT2D eigenvalue weighted by atomic mass is 9.86. The van der Waals surface area contributed by atoms with Gasteiger partial charge in [0, 0.05) is 59.8 Å². The minimum atomic E-state index is -0.0419. The van der Waals surface area contributed by atoms with E-state index in [-0.39, 0.29) is 11.8 Å². The molecule has 2 aliphatic carbocycles. The maximum Gasteiger partial charge on any atom is 0.221 e. The molecule has 0 aliphatic heterocycles. The van der Waals surface area contributed by atoms with Crippen molar-refractivity contribution in [1.82, 2.24) is 14.9 Å². The first kappa shape index (κ1) is 24.2. The summed E-state index contributed by atoms with van der Waals surface area (Å²) in [6.07, 6.45) is 19.4. The number of carbonyl (C=O) groups is 1. The van der Waals surface area contributed by atoms with Crippen LogP contribution in [0.2, 0.25) is 0 Å². The van der Waals surface area contributed by atoms with Crippen molar-refractivity contribution in [2.75, 3.05) is 0 Å². The Hall–Kier alpha value is -3.14. The summed E-state index contributed by atoms with van der Waals surface area (Å²) >= 11 is 0. The maximum atomic E-state index is 13.5. The van der Waals surface area contributed by atoms with Gasteiger partial charge in [-0.05, 0) is 54.2 Å². The molecular weight excluding hydrogens is 454 g/mol. The monoisotopic (exact) mass is 493 g/mol. The summed E-state index contributed by atoms with van der Waals surface area (Å²) in [4.78, 5) is 18.1. The molecule has 4 heteroatoms. The van der Waals surface area contributed by atoms with E-state index in [0.29, 0.717) is 12.5 Å². The summed E-state index contributed by atoms with van der Waals surface area (Å²) in [7, 11) is 0. The summed E-state index contributed by atoms with van der Waals surface area (Å²) < 4.78 is 2.48. The van der Waals surface area contributed by atoms with Crippen molar-refractivity contribution in [2.24, 2.45) is 5.92 Å². The predicted octanol–water partition coefficient (Wildman–Crippen LogP) is 7.74. The third-order valence-electron chi connectivity index (χ3n) is 8.81. The standard InChI is InChI=1S/C33H39N3O/c37-33(35-26-14-5-2-6-15-26)19-29(30-21-34-20-25-13-7-8-16-27(25)30)31-23-36(22-24-11-3-1-4-12-24)32-18-10-9-17-28(31)32/h7-10,13,16-18,20-21,23-24,26,29H,1-6,11-12,14-15,19,22H2,(H,35,37). The SMILES string of the molecule is O=C(CC(c1cncc2ccccc12)c1cn(CC2CCCCC2)c2ccccc12)NC1CCCCC1. The fraction of sp³-hybridized carbons (Fsp3) is 0.455. The topological polar surface area (TPSA) is 46.9 Å². The maximum absolute atomic E-state index is 13.5. The fourth-order valence-electron chi connectivity index (χ4n) is 6.88. The van der Waals surface area contributed by atoms with Gasteiger partial charge in [-0.1, -0.05) is 81.0 Å². The predicted molar refractivity (Wildman–Crippen MR) is 152 cm³/mol. The van der Waals surface area contributed by atoms with Gasteiger partial charge < -0.3 is 9.88 Å². The lowest BCUT2D eigenvalue weighted by molar-refractivity contribution is -0.122. The molecule has 2 aromatic heterocycles. The number of amides is 1. The minimum absolute atomic E-state index is 0.0419. The van der Waals surface area contributed by atoms with E-state index in [2.05, 4.69) is 69.6 Å². The third kappa shape index (κ3) is 5.30. The quantitative estimate of drug-likeness (QED) is 0.286. The number of hydrogen-bond donors (Lipinski definition) is 1. The normalized spacial score (nSPS) is 18.3. The molecule has 2 heterocycles. The molecule has 0 spiro atoms. The molecule has 2 fully saturated rings. The van der Waals surface area contributed by atoms with Crippen molar-refractivity contribution in [3.63, 3.8) is 0 Å². The minimum Gasteiger partial charge on any atom is -0.353 e. The number of fused-ring (bicyclic) bond motifs is 2. The first-order valence-corrected chi connectivity index (χ1v) is 14.5. The lowest BCUT2D eigenvalue weighted by Gasteiger charge is -2.25. The molecule has 0 bridgehead atoms. The van der Waals surface area contributed by atoms with E-state index in [1.165, 1.54) is 73.2 Å². The van der Waals surface area contributed by atoms with Crippen molar-refractivity contribution in [2.45, 2.75) is 89.1 Å². The van der Waals surface area contributed by atoms with Gasteiger partial charge >= 0.3 is 0 Å². The number of nitrogens with zero attached hydrogens (tertiary/aromatic N) is 2. The van der Waals surface area contributed by atoms with Gasteiger partial charge in [0.2, 0.25) is 5.91 Å². The Morgan fingerprint density at radius 1 is 0.838 bits per heavy atom. The van der Waals surface area contributed by atoms with Crippen LogP contribution >= 0.6 is 0 Å². The fourth-order valence-corrected chi connectivity index (χ4v) is 6.88. The average Bonchev–Trinajstić information content (AvgIpc) is 3.30. The molecule has 2 saturated carbocycles. The van der Waals surface area contributed by atoms with Crippen molar-refractivity contribution >= 4 is 27.6 Å². The smallest absolute Gasteiger partial charge is 0.221 e. The van der Waals surface area contributed by atoms with Gasteiger partial charge in [0.25, 0.3) is 0 Å². The van der Waals surface area contributed by atoms with E-state index in [9.17, 15) is 4.79 Å². The highest BCUT2D eigenvalue weighted by Gasteiger charge is 2.27. The Morgan fingerprint density at radius 3 is 2.35 bits per heavy atom. The molecule has 6 rings (SSSR count). The highest BCUT2D eigenvalue weighted by Crippen LogP contribution is 2.38. The van der Waals surface area contributed by atoms with Gasteiger partial charge in [-0.3, -0.25) is 9.78 Å².